The Labute approximate surface area is 127 Å². The molecule has 1 amide bonds. The Bertz CT molecular complexity index is 462. The second kappa shape index (κ2) is 8.03. The monoisotopic (exact) mass is 290 g/mol. The zero-order valence-electron chi connectivity index (χ0n) is 12.9. The maximum atomic E-state index is 12.3. The summed E-state index contributed by atoms with van der Waals surface area (Å²) < 4.78 is 5.78. The molecule has 1 heterocycles. The quantitative estimate of drug-likeness (QED) is 0.819. The molecular formula is C17H26N2O2. The third-order valence-electron chi connectivity index (χ3n) is 3.87. The van der Waals surface area contributed by atoms with Crippen LogP contribution in [0.4, 0.5) is 5.69 Å². The fourth-order valence-corrected chi connectivity index (χ4v) is 2.74. The molecule has 0 spiro atoms. The molecule has 1 aromatic carbocycles. The molecule has 1 unspecified atom stereocenters. The first kappa shape index (κ1) is 15.8. The van der Waals surface area contributed by atoms with E-state index < -0.39 is 0 Å². The van der Waals surface area contributed by atoms with Gasteiger partial charge in [0.15, 0.2) is 0 Å². The SMILES string of the molecule is CCCOC1CCCN(C(=O)CCc2cccc(N)c2)C1. The molecule has 0 bridgehead atoms. The average molecular weight is 290 g/mol. The number of nitrogens with zero attached hydrogens (tertiary/aromatic N) is 1. The molecule has 2 N–H and O–H groups in total. The van der Waals surface area contributed by atoms with E-state index in [9.17, 15) is 4.79 Å². The van der Waals surface area contributed by atoms with Crippen molar-refractivity contribution >= 4 is 11.6 Å². The maximum Gasteiger partial charge on any atom is 0.222 e. The maximum absolute atomic E-state index is 12.3. The molecule has 1 atom stereocenters. The lowest BCUT2D eigenvalue weighted by atomic mass is 10.1. The van der Waals surface area contributed by atoms with Gasteiger partial charge < -0.3 is 15.4 Å². The topological polar surface area (TPSA) is 55.6 Å². The van der Waals surface area contributed by atoms with Crippen molar-refractivity contribution in [2.24, 2.45) is 0 Å². The molecule has 116 valence electrons. The summed E-state index contributed by atoms with van der Waals surface area (Å²) in [5.74, 6) is 0.224. The average Bonchev–Trinajstić information content (AvgIpc) is 2.51. The van der Waals surface area contributed by atoms with E-state index in [1.807, 2.05) is 29.2 Å². The fourth-order valence-electron chi connectivity index (χ4n) is 2.74. The van der Waals surface area contributed by atoms with Crippen molar-refractivity contribution < 1.29 is 9.53 Å². The van der Waals surface area contributed by atoms with Crippen molar-refractivity contribution in [3.8, 4) is 0 Å². The Morgan fingerprint density at radius 3 is 3.10 bits per heavy atom. The number of piperidine rings is 1. The normalized spacial score (nSPS) is 18.7. The van der Waals surface area contributed by atoms with Gasteiger partial charge in [-0.05, 0) is 43.4 Å². The fraction of sp³-hybridized carbons (Fsp3) is 0.588. The van der Waals surface area contributed by atoms with Gasteiger partial charge in [-0.3, -0.25) is 4.79 Å². The van der Waals surface area contributed by atoms with Crippen LogP contribution in [0, 0.1) is 0 Å². The predicted octanol–water partition coefficient (Wildman–Crippen LogP) is 2.62. The first-order valence-corrected chi connectivity index (χ1v) is 7.93. The summed E-state index contributed by atoms with van der Waals surface area (Å²) in [7, 11) is 0. The molecule has 21 heavy (non-hydrogen) atoms. The number of ether oxygens (including phenoxy) is 1. The van der Waals surface area contributed by atoms with Gasteiger partial charge in [-0.15, -0.1) is 0 Å². The molecule has 0 radical (unpaired) electrons. The van der Waals surface area contributed by atoms with Crippen LogP contribution in [0.5, 0.6) is 0 Å². The van der Waals surface area contributed by atoms with Crippen LogP contribution in [-0.2, 0) is 16.0 Å². The number of carbonyl (C=O) groups excluding carboxylic acids is 1. The summed E-state index contributed by atoms with van der Waals surface area (Å²) in [4.78, 5) is 14.3. The van der Waals surface area contributed by atoms with Gasteiger partial charge in [0, 0.05) is 31.8 Å². The first-order valence-electron chi connectivity index (χ1n) is 7.93. The molecule has 1 saturated heterocycles. The van der Waals surface area contributed by atoms with E-state index in [1.54, 1.807) is 0 Å². The van der Waals surface area contributed by atoms with Crippen molar-refractivity contribution in [1.29, 1.82) is 0 Å². The van der Waals surface area contributed by atoms with E-state index >= 15 is 0 Å². The van der Waals surface area contributed by atoms with Crippen LogP contribution in [0.3, 0.4) is 0 Å². The molecule has 1 aromatic rings. The highest BCUT2D eigenvalue weighted by Crippen LogP contribution is 2.16. The van der Waals surface area contributed by atoms with Crippen molar-refractivity contribution in [2.75, 3.05) is 25.4 Å². The molecule has 1 fully saturated rings. The van der Waals surface area contributed by atoms with Gasteiger partial charge in [-0.1, -0.05) is 19.1 Å². The lowest BCUT2D eigenvalue weighted by Crippen LogP contribution is -2.43. The van der Waals surface area contributed by atoms with Gasteiger partial charge in [-0.25, -0.2) is 0 Å². The van der Waals surface area contributed by atoms with Gasteiger partial charge in [0.1, 0.15) is 0 Å². The van der Waals surface area contributed by atoms with E-state index in [1.165, 1.54) is 0 Å². The third kappa shape index (κ3) is 5.05. The molecule has 0 saturated carbocycles. The van der Waals surface area contributed by atoms with Gasteiger partial charge in [-0.2, -0.15) is 0 Å². The molecule has 1 aliphatic rings. The Morgan fingerprint density at radius 2 is 2.33 bits per heavy atom. The highest BCUT2D eigenvalue weighted by molar-refractivity contribution is 5.76. The van der Waals surface area contributed by atoms with Gasteiger partial charge in [0.25, 0.3) is 0 Å². The number of amides is 1. The standard InChI is InChI=1S/C17H26N2O2/c1-2-11-21-16-7-4-10-19(13-16)17(20)9-8-14-5-3-6-15(18)12-14/h3,5-6,12,16H,2,4,7-11,13,18H2,1H3. The van der Waals surface area contributed by atoms with Gasteiger partial charge in [0.05, 0.1) is 6.10 Å². The van der Waals surface area contributed by atoms with Crippen molar-refractivity contribution in [2.45, 2.75) is 45.1 Å². The van der Waals surface area contributed by atoms with Gasteiger partial charge in [0.2, 0.25) is 5.91 Å². The number of hydrogen-bond donors (Lipinski definition) is 1. The van der Waals surface area contributed by atoms with Crippen LogP contribution in [0.15, 0.2) is 24.3 Å². The van der Waals surface area contributed by atoms with Crippen LogP contribution in [0.2, 0.25) is 0 Å². The van der Waals surface area contributed by atoms with Crippen LogP contribution in [0.1, 0.15) is 38.2 Å². The number of likely N-dealkylation sites (tertiary alicyclic amines) is 1. The smallest absolute Gasteiger partial charge is 0.222 e. The third-order valence-corrected chi connectivity index (χ3v) is 3.87. The Balaban J connectivity index is 1.79. The lowest BCUT2D eigenvalue weighted by Gasteiger charge is -2.32. The van der Waals surface area contributed by atoms with Crippen molar-refractivity contribution in [3.05, 3.63) is 29.8 Å². The molecule has 4 heteroatoms. The summed E-state index contributed by atoms with van der Waals surface area (Å²) in [6.45, 7) is 4.50. The number of aryl methyl sites for hydroxylation is 1. The summed E-state index contributed by atoms with van der Waals surface area (Å²) in [5.41, 5.74) is 7.64. The van der Waals surface area contributed by atoms with E-state index in [0.29, 0.717) is 6.42 Å². The molecule has 4 nitrogen and oxygen atoms in total. The van der Waals surface area contributed by atoms with Gasteiger partial charge >= 0.3 is 0 Å². The molecular weight excluding hydrogens is 264 g/mol. The molecule has 0 aliphatic carbocycles. The number of nitrogens with two attached hydrogens (primary N) is 1. The minimum Gasteiger partial charge on any atom is -0.399 e. The minimum atomic E-state index is 0.218. The summed E-state index contributed by atoms with van der Waals surface area (Å²) in [5, 5.41) is 0. The lowest BCUT2D eigenvalue weighted by molar-refractivity contribution is -0.135. The van der Waals surface area contributed by atoms with Crippen LogP contribution in [-0.4, -0.2) is 36.6 Å². The van der Waals surface area contributed by atoms with E-state index in [4.69, 9.17) is 10.5 Å². The summed E-state index contributed by atoms with van der Waals surface area (Å²) in [6.07, 6.45) is 4.65. The summed E-state index contributed by atoms with van der Waals surface area (Å²) in [6, 6.07) is 7.76. The highest BCUT2D eigenvalue weighted by Gasteiger charge is 2.23. The minimum absolute atomic E-state index is 0.218. The highest BCUT2D eigenvalue weighted by atomic mass is 16.5. The number of rotatable bonds is 6. The van der Waals surface area contributed by atoms with Crippen LogP contribution in [0.25, 0.3) is 0 Å². The number of hydrogen-bond acceptors (Lipinski definition) is 3. The molecule has 2 rings (SSSR count). The zero-order valence-corrected chi connectivity index (χ0v) is 12.9. The number of carbonyl (C=O) groups is 1. The number of anilines is 1. The molecule has 1 aliphatic heterocycles. The predicted molar refractivity (Wildman–Crippen MR) is 85.0 cm³/mol. The number of benzene rings is 1. The van der Waals surface area contributed by atoms with Crippen molar-refractivity contribution in [3.63, 3.8) is 0 Å². The summed E-state index contributed by atoms with van der Waals surface area (Å²) >= 11 is 0. The Hall–Kier alpha value is -1.55. The second-order valence-corrected chi connectivity index (χ2v) is 5.72. The van der Waals surface area contributed by atoms with E-state index in [2.05, 4.69) is 6.92 Å². The molecule has 0 aromatic heterocycles. The number of nitrogen functional groups attached to an aromatic ring is 1. The Morgan fingerprint density at radius 1 is 1.48 bits per heavy atom. The largest absolute Gasteiger partial charge is 0.399 e. The van der Waals surface area contributed by atoms with Crippen LogP contribution >= 0.6 is 0 Å². The zero-order chi connectivity index (χ0) is 15.1. The Kier molecular flexibility index (Phi) is 6.05. The van der Waals surface area contributed by atoms with Crippen molar-refractivity contribution in [1.82, 2.24) is 4.90 Å². The second-order valence-electron chi connectivity index (χ2n) is 5.72. The van der Waals surface area contributed by atoms with E-state index in [0.717, 1.165) is 56.6 Å². The van der Waals surface area contributed by atoms with Crippen LogP contribution < -0.4 is 5.73 Å². The first-order chi connectivity index (χ1) is 10.2. The van der Waals surface area contributed by atoms with E-state index in [-0.39, 0.29) is 12.0 Å².